The minimum Gasteiger partial charge on any atom is -0.496 e. The predicted octanol–water partition coefficient (Wildman–Crippen LogP) is 0.970. The molecule has 1 aromatic carbocycles. The van der Waals surface area contributed by atoms with Crippen LogP contribution in [-0.4, -0.2) is 39.2 Å². The van der Waals surface area contributed by atoms with E-state index in [2.05, 4.69) is 10.5 Å². The third-order valence-corrected chi connectivity index (χ3v) is 5.17. The van der Waals surface area contributed by atoms with Gasteiger partial charge in [0.15, 0.2) is 9.84 Å². The SMILES string of the molecule is COc1ccccc1/C=N\NC(=O)C[C@@H]1CCS(=O)(=O)C1. The Morgan fingerprint density at radius 1 is 1.48 bits per heavy atom. The molecule has 1 aliphatic rings. The molecule has 0 radical (unpaired) electrons. The summed E-state index contributed by atoms with van der Waals surface area (Å²) in [6.07, 6.45) is 2.23. The summed E-state index contributed by atoms with van der Waals surface area (Å²) in [7, 11) is -1.39. The average molecular weight is 310 g/mol. The first-order valence-electron chi connectivity index (χ1n) is 6.65. The number of hydrazone groups is 1. The number of nitrogens with zero attached hydrogens (tertiary/aromatic N) is 1. The zero-order valence-corrected chi connectivity index (χ0v) is 12.6. The van der Waals surface area contributed by atoms with Gasteiger partial charge in [-0.1, -0.05) is 12.1 Å². The number of benzene rings is 1. The minimum atomic E-state index is -2.95. The maximum absolute atomic E-state index is 11.7. The highest BCUT2D eigenvalue weighted by atomic mass is 32.2. The molecule has 21 heavy (non-hydrogen) atoms. The molecule has 7 heteroatoms. The Bertz CT molecular complexity index is 640. The zero-order valence-electron chi connectivity index (χ0n) is 11.8. The van der Waals surface area contributed by atoms with E-state index in [0.717, 1.165) is 5.56 Å². The number of hydrogen-bond donors (Lipinski definition) is 1. The van der Waals surface area contributed by atoms with Gasteiger partial charge in [0, 0.05) is 12.0 Å². The molecule has 1 aromatic rings. The topological polar surface area (TPSA) is 84.8 Å². The van der Waals surface area contributed by atoms with Gasteiger partial charge < -0.3 is 4.74 Å². The van der Waals surface area contributed by atoms with Crippen LogP contribution >= 0.6 is 0 Å². The fourth-order valence-corrected chi connectivity index (χ4v) is 4.15. The van der Waals surface area contributed by atoms with Crippen LogP contribution in [-0.2, 0) is 14.6 Å². The molecule has 1 N–H and O–H groups in total. The number of hydrogen-bond acceptors (Lipinski definition) is 5. The lowest BCUT2D eigenvalue weighted by atomic mass is 10.1. The molecule has 0 aliphatic carbocycles. The molecule has 6 nitrogen and oxygen atoms in total. The number of nitrogens with one attached hydrogen (secondary N) is 1. The first kappa shape index (κ1) is 15.5. The number of ether oxygens (including phenoxy) is 1. The Balaban J connectivity index is 1.85. The lowest BCUT2D eigenvalue weighted by molar-refractivity contribution is -0.121. The van der Waals surface area contributed by atoms with Crippen LogP contribution in [0.5, 0.6) is 5.75 Å². The van der Waals surface area contributed by atoms with Crippen molar-refractivity contribution < 1.29 is 17.9 Å². The Kier molecular flexibility index (Phi) is 4.95. The number of sulfone groups is 1. The van der Waals surface area contributed by atoms with Gasteiger partial charge in [0.25, 0.3) is 0 Å². The van der Waals surface area contributed by atoms with Gasteiger partial charge >= 0.3 is 0 Å². The molecule has 0 saturated carbocycles. The smallest absolute Gasteiger partial charge is 0.240 e. The largest absolute Gasteiger partial charge is 0.496 e. The molecule has 0 unspecified atom stereocenters. The number of carbonyl (C=O) groups is 1. The molecule has 1 atom stereocenters. The molecule has 2 rings (SSSR count). The van der Waals surface area contributed by atoms with Crippen molar-refractivity contribution in [2.75, 3.05) is 18.6 Å². The standard InChI is InChI=1S/C14H18N2O4S/c1-20-13-5-3-2-4-12(13)9-15-16-14(17)8-11-6-7-21(18,19)10-11/h2-5,9,11H,6-8,10H2,1H3,(H,16,17)/b15-9-/t11-/m0/s1. The van der Waals surface area contributed by atoms with Crippen molar-refractivity contribution in [1.29, 1.82) is 0 Å². The lowest BCUT2D eigenvalue weighted by Crippen LogP contribution is -2.21. The average Bonchev–Trinajstić information content (AvgIpc) is 2.78. The van der Waals surface area contributed by atoms with Crippen LogP contribution < -0.4 is 10.2 Å². The van der Waals surface area contributed by atoms with Crippen molar-refractivity contribution in [1.82, 2.24) is 5.43 Å². The van der Waals surface area contributed by atoms with E-state index in [9.17, 15) is 13.2 Å². The van der Waals surface area contributed by atoms with Crippen LogP contribution in [0.25, 0.3) is 0 Å². The van der Waals surface area contributed by atoms with Crippen LogP contribution in [0.1, 0.15) is 18.4 Å². The Labute approximate surface area is 124 Å². The van der Waals surface area contributed by atoms with Gasteiger partial charge in [-0.3, -0.25) is 4.79 Å². The van der Waals surface area contributed by atoms with Gasteiger partial charge in [0.1, 0.15) is 5.75 Å². The fourth-order valence-electron chi connectivity index (χ4n) is 2.29. The highest BCUT2D eigenvalue weighted by molar-refractivity contribution is 7.91. The van der Waals surface area contributed by atoms with Crippen molar-refractivity contribution in [3.63, 3.8) is 0 Å². The maximum atomic E-state index is 11.7. The fraction of sp³-hybridized carbons (Fsp3) is 0.429. The number of rotatable bonds is 5. The number of amides is 1. The Hall–Kier alpha value is -1.89. The molecule has 1 heterocycles. The van der Waals surface area contributed by atoms with Crippen LogP contribution in [0.15, 0.2) is 29.4 Å². The zero-order chi connectivity index (χ0) is 15.3. The molecule has 1 amide bonds. The van der Waals surface area contributed by atoms with Crippen molar-refractivity contribution in [2.24, 2.45) is 11.0 Å². The monoisotopic (exact) mass is 310 g/mol. The second kappa shape index (κ2) is 6.71. The summed E-state index contributed by atoms with van der Waals surface area (Å²) in [6.45, 7) is 0. The molecular formula is C14H18N2O4S. The van der Waals surface area contributed by atoms with E-state index in [1.807, 2.05) is 18.2 Å². The second-order valence-electron chi connectivity index (χ2n) is 5.01. The van der Waals surface area contributed by atoms with Gasteiger partial charge in [-0.25, -0.2) is 13.8 Å². The molecule has 0 aromatic heterocycles. The summed E-state index contributed by atoms with van der Waals surface area (Å²) in [4.78, 5) is 11.7. The number of methoxy groups -OCH3 is 1. The van der Waals surface area contributed by atoms with Crippen molar-refractivity contribution in [3.8, 4) is 5.75 Å². The quantitative estimate of drug-likeness (QED) is 0.649. The first-order valence-corrected chi connectivity index (χ1v) is 8.47. The lowest BCUT2D eigenvalue weighted by Gasteiger charge is -2.06. The van der Waals surface area contributed by atoms with Gasteiger partial charge in [0.05, 0.1) is 24.8 Å². The van der Waals surface area contributed by atoms with Crippen molar-refractivity contribution >= 4 is 22.0 Å². The number of para-hydroxylation sites is 1. The summed E-state index contributed by atoms with van der Waals surface area (Å²) in [5.41, 5.74) is 3.17. The van der Waals surface area contributed by atoms with Crippen LogP contribution in [0, 0.1) is 5.92 Å². The normalized spacial score (nSPS) is 20.5. The summed E-state index contributed by atoms with van der Waals surface area (Å²) in [6, 6.07) is 7.30. The Morgan fingerprint density at radius 2 is 2.24 bits per heavy atom. The molecule has 0 bridgehead atoms. The van der Waals surface area contributed by atoms with E-state index in [4.69, 9.17) is 4.74 Å². The second-order valence-corrected chi connectivity index (χ2v) is 7.24. The van der Waals surface area contributed by atoms with E-state index in [-0.39, 0.29) is 29.8 Å². The van der Waals surface area contributed by atoms with Crippen molar-refractivity contribution in [2.45, 2.75) is 12.8 Å². The van der Waals surface area contributed by atoms with E-state index < -0.39 is 9.84 Å². The summed E-state index contributed by atoms with van der Waals surface area (Å²) >= 11 is 0. The first-order chi connectivity index (χ1) is 10.00. The highest BCUT2D eigenvalue weighted by Crippen LogP contribution is 2.21. The van der Waals surface area contributed by atoms with Crippen LogP contribution in [0.2, 0.25) is 0 Å². The summed E-state index contributed by atoms with van der Waals surface area (Å²) in [5.74, 6) is 0.559. The Morgan fingerprint density at radius 3 is 2.90 bits per heavy atom. The van der Waals surface area contributed by atoms with Crippen LogP contribution in [0.4, 0.5) is 0 Å². The number of carbonyl (C=O) groups excluding carboxylic acids is 1. The van der Waals surface area contributed by atoms with Gasteiger partial charge in [0.2, 0.25) is 5.91 Å². The third-order valence-electron chi connectivity index (χ3n) is 3.33. The van der Waals surface area contributed by atoms with E-state index in [1.54, 1.807) is 13.2 Å². The molecular weight excluding hydrogens is 292 g/mol. The molecule has 1 saturated heterocycles. The summed E-state index contributed by atoms with van der Waals surface area (Å²) < 4.78 is 27.8. The maximum Gasteiger partial charge on any atom is 0.240 e. The van der Waals surface area contributed by atoms with E-state index in [0.29, 0.717) is 12.2 Å². The van der Waals surface area contributed by atoms with Gasteiger partial charge in [-0.15, -0.1) is 0 Å². The molecule has 1 aliphatic heterocycles. The van der Waals surface area contributed by atoms with Gasteiger partial charge in [-0.2, -0.15) is 5.10 Å². The van der Waals surface area contributed by atoms with E-state index in [1.165, 1.54) is 6.21 Å². The van der Waals surface area contributed by atoms with Crippen LogP contribution in [0.3, 0.4) is 0 Å². The molecule has 114 valence electrons. The highest BCUT2D eigenvalue weighted by Gasteiger charge is 2.29. The third kappa shape index (κ3) is 4.56. The minimum absolute atomic E-state index is 0.0939. The molecule has 0 spiro atoms. The van der Waals surface area contributed by atoms with E-state index >= 15 is 0 Å². The van der Waals surface area contributed by atoms with Crippen molar-refractivity contribution in [3.05, 3.63) is 29.8 Å². The van der Waals surface area contributed by atoms with Gasteiger partial charge in [-0.05, 0) is 24.5 Å². The molecule has 1 fully saturated rings. The summed E-state index contributed by atoms with van der Waals surface area (Å²) in [5, 5.41) is 3.87. The predicted molar refractivity (Wildman–Crippen MR) is 80.1 cm³/mol.